The maximum absolute atomic E-state index is 13.2. The van der Waals surface area contributed by atoms with Crippen LogP contribution in [0, 0.1) is 0 Å². The Morgan fingerprint density at radius 2 is 1.77 bits per heavy atom. The second-order valence-electron chi connectivity index (χ2n) is 7.21. The van der Waals surface area contributed by atoms with Crippen LogP contribution in [0.15, 0.2) is 66.9 Å². The van der Waals surface area contributed by atoms with Crippen LogP contribution in [0.4, 0.5) is 13.2 Å². The molecule has 2 heterocycles. The van der Waals surface area contributed by atoms with Crippen molar-refractivity contribution in [2.75, 3.05) is 20.3 Å². The molecule has 0 aliphatic carbocycles. The number of methoxy groups -OCH3 is 1. The number of alkyl halides is 3. The topological polar surface area (TPSA) is 43.7 Å². The fourth-order valence-electron chi connectivity index (χ4n) is 3.72. The number of carbonyl (C=O) groups is 1. The molecule has 0 saturated carbocycles. The van der Waals surface area contributed by atoms with Gasteiger partial charge in [0, 0.05) is 30.5 Å². The first-order valence-corrected chi connectivity index (χ1v) is 9.77. The molecule has 0 spiro atoms. The summed E-state index contributed by atoms with van der Waals surface area (Å²) in [5, 5.41) is 0. The van der Waals surface area contributed by atoms with E-state index in [1.165, 1.54) is 12.1 Å². The number of rotatable bonds is 5. The molecule has 0 fully saturated rings. The first kappa shape index (κ1) is 20.8. The van der Waals surface area contributed by atoms with Gasteiger partial charge in [0.25, 0.3) is 5.91 Å². The van der Waals surface area contributed by atoms with Gasteiger partial charge in [0.2, 0.25) is 0 Å². The Hall–Kier alpha value is -3.42. The third-order valence-corrected chi connectivity index (χ3v) is 5.33. The molecule has 1 amide bonds. The molecule has 3 aromatic rings. The summed E-state index contributed by atoms with van der Waals surface area (Å²) >= 11 is 0. The van der Waals surface area contributed by atoms with Gasteiger partial charge in [-0.25, -0.2) is 0 Å². The van der Waals surface area contributed by atoms with Gasteiger partial charge in [-0.1, -0.05) is 6.07 Å². The Kier molecular flexibility index (Phi) is 5.63. The molecule has 1 aliphatic heterocycles. The van der Waals surface area contributed by atoms with E-state index in [4.69, 9.17) is 9.47 Å². The second-order valence-corrected chi connectivity index (χ2v) is 7.21. The molecule has 4 rings (SSSR count). The van der Waals surface area contributed by atoms with Crippen molar-refractivity contribution in [2.24, 2.45) is 0 Å². The van der Waals surface area contributed by atoms with E-state index in [0.717, 1.165) is 17.8 Å². The number of halogens is 3. The molecule has 162 valence electrons. The Morgan fingerprint density at radius 3 is 2.48 bits per heavy atom. The molecule has 5 nitrogen and oxygen atoms in total. The van der Waals surface area contributed by atoms with Crippen LogP contribution in [0.1, 0.15) is 27.7 Å². The fraction of sp³-hybridized carbons (Fsp3) is 0.261. The van der Waals surface area contributed by atoms with Crippen LogP contribution < -0.4 is 9.47 Å². The lowest BCUT2D eigenvalue weighted by atomic mass is 10.1. The molecule has 2 aromatic carbocycles. The molecule has 0 bridgehead atoms. The third kappa shape index (κ3) is 4.38. The minimum absolute atomic E-state index is 0.00396. The van der Waals surface area contributed by atoms with Gasteiger partial charge >= 0.3 is 6.18 Å². The number of carbonyl (C=O) groups excluding carboxylic acids is 1. The van der Waals surface area contributed by atoms with Crippen LogP contribution in [0.25, 0.3) is 0 Å². The first-order valence-electron chi connectivity index (χ1n) is 9.77. The van der Waals surface area contributed by atoms with Crippen molar-refractivity contribution in [3.63, 3.8) is 0 Å². The number of aromatic nitrogens is 1. The Balaban J connectivity index is 1.59. The zero-order chi connectivity index (χ0) is 22.0. The molecule has 1 aromatic heterocycles. The monoisotopic (exact) mass is 430 g/mol. The van der Waals surface area contributed by atoms with Gasteiger partial charge in [-0.3, -0.25) is 4.79 Å². The SMILES string of the molecule is COc1ccc(OC[C@H]2c3cccn3CCN2C(=O)c2cccc(C(F)(F)F)c2)cc1. The highest BCUT2D eigenvalue weighted by Gasteiger charge is 2.34. The maximum atomic E-state index is 13.2. The van der Waals surface area contributed by atoms with Crippen LogP contribution >= 0.6 is 0 Å². The molecule has 8 heteroatoms. The number of ether oxygens (including phenoxy) is 2. The molecule has 0 unspecified atom stereocenters. The van der Waals surface area contributed by atoms with E-state index >= 15 is 0 Å². The first-order chi connectivity index (χ1) is 14.9. The predicted molar refractivity (Wildman–Crippen MR) is 108 cm³/mol. The molecule has 0 N–H and O–H groups in total. The van der Waals surface area contributed by atoms with E-state index in [0.29, 0.717) is 24.6 Å². The maximum Gasteiger partial charge on any atom is 0.416 e. The Morgan fingerprint density at radius 1 is 1.03 bits per heavy atom. The van der Waals surface area contributed by atoms with Crippen LogP contribution in [0.5, 0.6) is 11.5 Å². The van der Waals surface area contributed by atoms with Crippen molar-refractivity contribution in [1.82, 2.24) is 9.47 Å². The smallest absolute Gasteiger partial charge is 0.416 e. The summed E-state index contributed by atoms with van der Waals surface area (Å²) in [5.74, 6) is 0.845. The van der Waals surface area contributed by atoms with Gasteiger partial charge in [0.15, 0.2) is 0 Å². The highest BCUT2D eigenvalue weighted by molar-refractivity contribution is 5.94. The number of nitrogens with zero attached hydrogens (tertiary/aromatic N) is 2. The minimum Gasteiger partial charge on any atom is -0.497 e. The van der Waals surface area contributed by atoms with Gasteiger partial charge in [-0.2, -0.15) is 13.2 Å². The zero-order valence-electron chi connectivity index (χ0n) is 16.8. The summed E-state index contributed by atoms with van der Waals surface area (Å²) in [6.07, 6.45) is -2.59. The fourth-order valence-corrected chi connectivity index (χ4v) is 3.72. The van der Waals surface area contributed by atoms with Crippen LogP contribution in [-0.2, 0) is 12.7 Å². The number of hydrogen-bond donors (Lipinski definition) is 0. The lowest BCUT2D eigenvalue weighted by molar-refractivity contribution is -0.137. The Labute approximate surface area is 177 Å². The van der Waals surface area contributed by atoms with Gasteiger partial charge in [-0.15, -0.1) is 0 Å². The summed E-state index contributed by atoms with van der Waals surface area (Å²) in [5.41, 5.74) is 0.0362. The van der Waals surface area contributed by atoms with Gasteiger partial charge < -0.3 is 18.9 Å². The largest absolute Gasteiger partial charge is 0.497 e. The van der Waals surface area contributed by atoms with E-state index in [1.807, 2.05) is 22.9 Å². The van der Waals surface area contributed by atoms with Crippen LogP contribution in [-0.4, -0.2) is 35.6 Å². The number of fused-ring (bicyclic) bond motifs is 1. The molecule has 31 heavy (non-hydrogen) atoms. The van der Waals surface area contributed by atoms with Gasteiger partial charge in [0.05, 0.1) is 12.7 Å². The highest BCUT2D eigenvalue weighted by Crippen LogP contribution is 2.32. The lowest BCUT2D eigenvalue weighted by Gasteiger charge is -2.37. The number of amides is 1. The molecule has 0 radical (unpaired) electrons. The number of benzene rings is 2. The normalized spacial score (nSPS) is 16.0. The van der Waals surface area contributed by atoms with Gasteiger partial charge in [-0.05, 0) is 54.6 Å². The molecule has 1 aliphatic rings. The van der Waals surface area contributed by atoms with Crippen molar-refractivity contribution >= 4 is 5.91 Å². The molecular weight excluding hydrogens is 409 g/mol. The standard InChI is InChI=1S/C23H21F3N2O3/c1-30-18-7-9-19(10-8-18)31-15-21-20-6-3-11-27(20)12-13-28(21)22(29)16-4-2-5-17(14-16)23(24,25)26/h2-11,14,21H,12-13,15H2,1H3/t21-/m0/s1. The van der Waals surface area contributed by atoms with Gasteiger partial charge in [0.1, 0.15) is 24.1 Å². The zero-order valence-corrected chi connectivity index (χ0v) is 16.8. The van der Waals surface area contributed by atoms with Crippen LogP contribution in [0.2, 0.25) is 0 Å². The quantitative estimate of drug-likeness (QED) is 0.585. The van der Waals surface area contributed by atoms with E-state index in [9.17, 15) is 18.0 Å². The summed E-state index contributed by atoms with van der Waals surface area (Å²) in [6, 6.07) is 14.9. The van der Waals surface area contributed by atoms with Crippen molar-refractivity contribution in [2.45, 2.75) is 18.8 Å². The van der Waals surface area contributed by atoms with E-state index in [-0.39, 0.29) is 12.2 Å². The van der Waals surface area contributed by atoms with Crippen molar-refractivity contribution < 1.29 is 27.4 Å². The Bertz CT molecular complexity index is 1060. The summed E-state index contributed by atoms with van der Waals surface area (Å²) in [7, 11) is 1.57. The van der Waals surface area contributed by atoms with E-state index < -0.39 is 23.7 Å². The minimum atomic E-state index is -4.51. The lowest BCUT2D eigenvalue weighted by Crippen LogP contribution is -2.44. The summed E-state index contributed by atoms with van der Waals surface area (Å²) in [4.78, 5) is 14.8. The highest BCUT2D eigenvalue weighted by atomic mass is 19.4. The van der Waals surface area contributed by atoms with E-state index in [2.05, 4.69) is 0 Å². The summed E-state index contributed by atoms with van der Waals surface area (Å²) < 4.78 is 52.4. The number of hydrogen-bond acceptors (Lipinski definition) is 3. The van der Waals surface area contributed by atoms with Crippen LogP contribution in [0.3, 0.4) is 0 Å². The predicted octanol–water partition coefficient (Wildman–Crippen LogP) is 4.79. The average molecular weight is 430 g/mol. The summed E-state index contributed by atoms with van der Waals surface area (Å²) in [6.45, 7) is 1.10. The molecular formula is C23H21F3N2O3. The average Bonchev–Trinajstić information content (AvgIpc) is 3.26. The molecule has 0 saturated heterocycles. The van der Waals surface area contributed by atoms with E-state index in [1.54, 1.807) is 36.3 Å². The second kappa shape index (κ2) is 8.37. The van der Waals surface area contributed by atoms with Crippen molar-refractivity contribution in [3.8, 4) is 11.5 Å². The van der Waals surface area contributed by atoms with Crippen molar-refractivity contribution in [3.05, 3.63) is 83.7 Å². The third-order valence-electron chi connectivity index (χ3n) is 5.33. The van der Waals surface area contributed by atoms with Crippen molar-refractivity contribution in [1.29, 1.82) is 0 Å². The molecule has 1 atom stereocenters.